The van der Waals surface area contributed by atoms with Crippen LogP contribution in [0.15, 0.2) is 72.8 Å². The SMILES string of the molecule is CCC(CO)(CO)COC(=O)c1ccccc1C(=O)O.O=C(O)C1C2C=CC(C2)C1C(=O)OCC(CO)CCO.O=C(O)C1CC=CCC1C(=O)OCC(CO)CCO.O=C(O)C1CCCCC1C(=O)OCC(CO)CCO.O=C(O)c1ccccc1C(=O)OCC(CO)CO. The first-order chi connectivity index (χ1) is 45.9. The van der Waals surface area contributed by atoms with Crippen molar-refractivity contribution in [1.82, 2.24) is 0 Å². The zero-order chi connectivity index (χ0) is 71.9. The summed E-state index contributed by atoms with van der Waals surface area (Å²) in [4.78, 5) is 115. The number of carbonyl (C=O) groups is 10. The Morgan fingerprint density at radius 3 is 1.20 bits per heavy atom. The molecule has 2 aromatic carbocycles. The first-order valence-corrected chi connectivity index (χ1v) is 31.5. The normalized spacial score (nSPS) is 20.6. The smallest absolute Gasteiger partial charge is 0.339 e. The zero-order valence-electron chi connectivity index (χ0n) is 53.6. The quantitative estimate of drug-likeness (QED) is 0.0269. The highest BCUT2D eigenvalue weighted by Gasteiger charge is 2.52. The van der Waals surface area contributed by atoms with Crippen molar-refractivity contribution in [2.24, 2.45) is 76.4 Å². The monoisotopic (exact) mass is 1370 g/mol. The fourth-order valence-corrected chi connectivity index (χ4v) is 10.6. The standard InChI is InChI=1S/C14H20O6.C14H18O6.C13H22O6.C13H20O6.C12H14O6/c15-4-3-8(6-16)7-20-14(19)12-10-2-1-9(5-10)11(12)13(17)18;1-2-14(7-15,8-16)9-20-13(19)11-6-4-3-5-10(11)12(17)18;2*14-6-5-9(7-15)8-19-13(18)11-4-2-1-3-10(11)12(16)17;13-5-8(6-14)7-18-12(17)10-4-2-1-3-9(10)11(15)16/h1-2,8-12,15-16H,3-7H2,(H,17,18);3-6,15-16H,2,7-9H2,1H3,(H,17,18);9-11,14-15H,1-8H2,(H,16,17);1-2,9-11,14-15H,3-8H2,(H,16,17);1-4,8,13-14H,5-7H2,(H,15,16). The number of hydrogen-bond donors (Lipinski definition) is 15. The zero-order valence-corrected chi connectivity index (χ0v) is 53.6. The number of aliphatic hydroxyl groups excluding tert-OH is 10. The Hall–Kier alpha value is -7.78. The molecule has 96 heavy (non-hydrogen) atoms. The van der Waals surface area contributed by atoms with Gasteiger partial charge in [-0.05, 0) is 93.9 Å². The number of esters is 5. The molecule has 30 heteroatoms. The average molecular weight is 1370 g/mol. The van der Waals surface area contributed by atoms with Gasteiger partial charge in [0, 0.05) is 63.3 Å². The molecule has 11 unspecified atom stereocenters. The Bertz CT molecular complexity index is 2800. The third kappa shape index (κ3) is 27.4. The second-order valence-electron chi connectivity index (χ2n) is 23.5. The van der Waals surface area contributed by atoms with E-state index in [1.165, 1.54) is 48.5 Å². The predicted octanol–water partition coefficient (Wildman–Crippen LogP) is 1.71. The van der Waals surface area contributed by atoms with Gasteiger partial charge in [-0.1, -0.05) is 68.3 Å². The van der Waals surface area contributed by atoms with Crippen LogP contribution in [0.5, 0.6) is 0 Å². The molecule has 0 aliphatic heterocycles. The van der Waals surface area contributed by atoms with Crippen LogP contribution >= 0.6 is 0 Å². The Morgan fingerprint density at radius 2 is 0.812 bits per heavy atom. The lowest BCUT2D eigenvalue weighted by Crippen LogP contribution is -2.35. The second kappa shape index (κ2) is 45.6. The number of rotatable bonds is 34. The van der Waals surface area contributed by atoms with Gasteiger partial charge >= 0.3 is 59.7 Å². The lowest BCUT2D eigenvalue weighted by molar-refractivity contribution is -0.161. The minimum absolute atomic E-state index is 0.00243. The molecule has 2 fully saturated rings. The largest absolute Gasteiger partial charge is 0.481 e. The molecule has 30 nitrogen and oxygen atoms in total. The van der Waals surface area contributed by atoms with Gasteiger partial charge in [0.15, 0.2) is 0 Å². The van der Waals surface area contributed by atoms with Gasteiger partial charge in [-0.15, -0.1) is 0 Å². The Balaban J connectivity index is 0.000000409. The van der Waals surface area contributed by atoms with Crippen molar-refractivity contribution >= 4 is 59.7 Å². The molecule has 6 rings (SSSR count). The summed E-state index contributed by atoms with van der Waals surface area (Å²) >= 11 is 0. The van der Waals surface area contributed by atoms with Gasteiger partial charge < -0.3 is 100 Å². The van der Waals surface area contributed by atoms with Crippen molar-refractivity contribution < 1.29 is 148 Å². The van der Waals surface area contributed by atoms with E-state index in [4.69, 9.17) is 85.0 Å². The maximum Gasteiger partial charge on any atom is 0.339 e. The first kappa shape index (κ1) is 84.3. The minimum atomic E-state index is -1.22. The van der Waals surface area contributed by atoms with Crippen molar-refractivity contribution in [3.63, 3.8) is 0 Å². The highest BCUT2D eigenvalue weighted by Crippen LogP contribution is 2.48. The molecule has 0 saturated heterocycles. The van der Waals surface area contributed by atoms with Crippen LogP contribution in [-0.4, -0.2) is 235 Å². The number of hydrogen-bond acceptors (Lipinski definition) is 25. The number of aromatic carboxylic acids is 2. The third-order valence-corrected chi connectivity index (χ3v) is 16.9. The van der Waals surface area contributed by atoms with Crippen LogP contribution in [0.2, 0.25) is 0 Å². The number of fused-ring (bicyclic) bond motifs is 2. The summed E-state index contributed by atoms with van der Waals surface area (Å²) in [5.74, 6) is -14.1. The molecule has 0 radical (unpaired) electrons. The fourth-order valence-electron chi connectivity index (χ4n) is 10.6. The van der Waals surface area contributed by atoms with Crippen molar-refractivity contribution in [1.29, 1.82) is 0 Å². The molecule has 15 N–H and O–H groups in total. The number of benzene rings is 2. The summed E-state index contributed by atoms with van der Waals surface area (Å²) in [6.45, 7) is -0.603. The second-order valence-corrected chi connectivity index (χ2v) is 23.5. The Labute approximate surface area is 554 Å². The van der Waals surface area contributed by atoms with E-state index in [0.29, 0.717) is 57.8 Å². The predicted molar refractivity (Wildman–Crippen MR) is 333 cm³/mol. The van der Waals surface area contributed by atoms with Gasteiger partial charge in [0.1, 0.15) is 6.61 Å². The van der Waals surface area contributed by atoms with Gasteiger partial charge in [-0.25, -0.2) is 19.2 Å². The Morgan fingerprint density at radius 1 is 0.438 bits per heavy atom. The molecule has 2 aromatic rings. The van der Waals surface area contributed by atoms with Crippen molar-refractivity contribution in [2.75, 3.05) is 99.1 Å². The molecule has 4 aliphatic rings. The van der Waals surface area contributed by atoms with Gasteiger partial charge in [-0.3, -0.25) is 28.8 Å². The van der Waals surface area contributed by atoms with Crippen LogP contribution in [0.4, 0.5) is 0 Å². The minimum Gasteiger partial charge on any atom is -0.481 e. The van der Waals surface area contributed by atoms with Crippen LogP contribution in [-0.2, 0) is 52.5 Å². The molecule has 11 atom stereocenters. The van der Waals surface area contributed by atoms with Gasteiger partial charge in [0.05, 0.1) is 116 Å². The fraction of sp³-hybridized carbons (Fsp3) is 0.606. The molecule has 0 aromatic heterocycles. The number of carboxylic acid groups (broad SMARTS) is 5. The summed E-state index contributed by atoms with van der Waals surface area (Å²) in [5, 5.41) is 135. The van der Waals surface area contributed by atoms with Crippen molar-refractivity contribution in [2.45, 2.75) is 77.6 Å². The number of carboxylic acids is 5. The summed E-state index contributed by atoms with van der Waals surface area (Å²) < 4.78 is 25.2. The lowest BCUT2D eigenvalue weighted by Gasteiger charge is -2.27. The van der Waals surface area contributed by atoms with Crippen molar-refractivity contribution in [3.05, 3.63) is 95.1 Å². The van der Waals surface area contributed by atoms with E-state index in [0.717, 1.165) is 12.8 Å². The highest BCUT2D eigenvalue weighted by molar-refractivity contribution is 6.03. The number of ether oxygens (including phenoxy) is 5. The molecule has 0 heterocycles. The Kier molecular flexibility index (Phi) is 40.1. The van der Waals surface area contributed by atoms with E-state index in [-0.39, 0.29) is 151 Å². The van der Waals surface area contributed by atoms with Gasteiger partial charge in [0.2, 0.25) is 0 Å². The molecular weight excluding hydrogens is 1270 g/mol. The topological polar surface area (TPSA) is 520 Å². The number of aliphatic hydroxyl groups is 10. The summed E-state index contributed by atoms with van der Waals surface area (Å²) in [7, 11) is 0. The summed E-state index contributed by atoms with van der Waals surface area (Å²) in [6.07, 6.45) is 12.9. The van der Waals surface area contributed by atoms with E-state index >= 15 is 0 Å². The van der Waals surface area contributed by atoms with Crippen LogP contribution in [0, 0.1) is 76.4 Å². The number of carbonyl (C=O) groups excluding carboxylic acids is 5. The maximum absolute atomic E-state index is 12.1. The van der Waals surface area contributed by atoms with E-state index in [1.54, 1.807) is 19.1 Å². The van der Waals surface area contributed by atoms with E-state index < -0.39 is 107 Å². The van der Waals surface area contributed by atoms with Gasteiger partial charge in [0.25, 0.3) is 0 Å². The lowest BCUT2D eigenvalue weighted by atomic mass is 9.79. The molecule has 2 saturated carbocycles. The molecule has 4 aliphatic carbocycles. The van der Waals surface area contributed by atoms with E-state index in [1.807, 2.05) is 12.2 Å². The number of aliphatic carboxylic acids is 3. The maximum atomic E-state index is 12.1. The van der Waals surface area contributed by atoms with Crippen LogP contribution in [0.25, 0.3) is 0 Å². The molecule has 0 amide bonds. The highest BCUT2D eigenvalue weighted by atomic mass is 16.6. The van der Waals surface area contributed by atoms with E-state index in [9.17, 15) is 63.3 Å². The van der Waals surface area contributed by atoms with Crippen LogP contribution in [0.1, 0.15) is 119 Å². The number of allylic oxidation sites excluding steroid dienone is 4. The molecule has 2 bridgehead atoms. The van der Waals surface area contributed by atoms with Crippen LogP contribution < -0.4 is 0 Å². The van der Waals surface area contributed by atoms with Gasteiger partial charge in [-0.2, -0.15) is 0 Å². The van der Waals surface area contributed by atoms with Crippen molar-refractivity contribution in [3.8, 4) is 0 Å². The first-order valence-electron chi connectivity index (χ1n) is 31.5. The van der Waals surface area contributed by atoms with E-state index in [2.05, 4.69) is 0 Å². The summed E-state index contributed by atoms with van der Waals surface area (Å²) in [6, 6.07) is 11.4. The molecular formula is C66H94O30. The summed E-state index contributed by atoms with van der Waals surface area (Å²) in [5.41, 5.74) is -1.31. The average Bonchev–Trinajstić information content (AvgIpc) is 1.62. The third-order valence-electron chi connectivity index (χ3n) is 16.9. The van der Waals surface area contributed by atoms with Crippen LogP contribution in [0.3, 0.4) is 0 Å². The molecule has 538 valence electrons. The molecule has 0 spiro atoms.